The molecule has 6 heteroatoms. The fourth-order valence-electron chi connectivity index (χ4n) is 1.43. The summed E-state index contributed by atoms with van der Waals surface area (Å²) in [5.74, 6) is 0. The maximum absolute atomic E-state index is 11.5. The van der Waals surface area contributed by atoms with Crippen LogP contribution in [0.5, 0.6) is 0 Å². The number of hydrogen-bond acceptors (Lipinski definition) is 2. The third-order valence-corrected chi connectivity index (χ3v) is 3.47. The van der Waals surface area contributed by atoms with E-state index in [1.807, 2.05) is 18.2 Å². The molecule has 0 bridgehead atoms. The van der Waals surface area contributed by atoms with Crippen LogP contribution in [0.4, 0.5) is 4.79 Å². The number of aliphatic hydroxyl groups is 1. The first-order valence-corrected chi connectivity index (χ1v) is 6.75. The van der Waals surface area contributed by atoms with E-state index in [0.29, 0.717) is 24.5 Å². The number of likely N-dealkylation sites (N-methyl/N-ethyl adjacent to an activating group) is 1. The fraction of sp³-hybridized carbons (Fsp3) is 0.417. The molecular weight excluding hydrogens is 320 g/mol. The second-order valence-corrected chi connectivity index (χ2v) is 5.15. The van der Waals surface area contributed by atoms with Crippen LogP contribution in [0.1, 0.15) is 5.56 Å². The van der Waals surface area contributed by atoms with E-state index in [1.54, 1.807) is 7.05 Å². The second kappa shape index (κ2) is 7.61. The van der Waals surface area contributed by atoms with Gasteiger partial charge in [0, 0.05) is 29.6 Å². The normalized spacial score (nSPS) is 10.2. The SMILES string of the molecule is CN(CCO)C(=O)NCCc1cc(Cl)ccc1Br. The third kappa shape index (κ3) is 4.84. The molecule has 0 heterocycles. The standard InChI is InChI=1S/C12H16BrClN2O2/c1-16(6-7-17)12(18)15-5-4-9-8-10(14)2-3-11(9)13/h2-3,8,17H,4-7H2,1H3,(H,15,18). The van der Waals surface area contributed by atoms with Crippen molar-refractivity contribution >= 4 is 33.6 Å². The van der Waals surface area contributed by atoms with Crippen molar-refractivity contribution < 1.29 is 9.90 Å². The third-order valence-electron chi connectivity index (χ3n) is 2.46. The highest BCUT2D eigenvalue weighted by atomic mass is 79.9. The molecule has 0 unspecified atom stereocenters. The Labute approximate surface area is 120 Å². The van der Waals surface area contributed by atoms with Gasteiger partial charge in [0.15, 0.2) is 0 Å². The van der Waals surface area contributed by atoms with Crippen LogP contribution in [-0.4, -0.2) is 42.8 Å². The van der Waals surface area contributed by atoms with Crippen molar-refractivity contribution in [1.29, 1.82) is 0 Å². The van der Waals surface area contributed by atoms with Gasteiger partial charge >= 0.3 is 6.03 Å². The van der Waals surface area contributed by atoms with Crippen molar-refractivity contribution in [2.45, 2.75) is 6.42 Å². The molecule has 0 fully saturated rings. The zero-order valence-electron chi connectivity index (χ0n) is 10.1. The van der Waals surface area contributed by atoms with Gasteiger partial charge in [0.05, 0.1) is 6.61 Å². The molecule has 0 aliphatic rings. The number of nitrogens with one attached hydrogen (secondary N) is 1. The lowest BCUT2D eigenvalue weighted by Gasteiger charge is -2.16. The second-order valence-electron chi connectivity index (χ2n) is 3.86. The maximum atomic E-state index is 11.5. The molecule has 0 aliphatic heterocycles. The van der Waals surface area contributed by atoms with Gasteiger partial charge in [0.2, 0.25) is 0 Å². The number of aliphatic hydroxyl groups excluding tert-OH is 1. The zero-order valence-corrected chi connectivity index (χ0v) is 12.5. The average molecular weight is 336 g/mol. The first-order valence-electron chi connectivity index (χ1n) is 5.58. The number of rotatable bonds is 5. The van der Waals surface area contributed by atoms with Crippen LogP contribution >= 0.6 is 27.5 Å². The predicted octanol–water partition coefficient (Wildman–Crippen LogP) is 2.28. The molecular formula is C12H16BrClN2O2. The topological polar surface area (TPSA) is 52.6 Å². The van der Waals surface area contributed by atoms with E-state index >= 15 is 0 Å². The van der Waals surface area contributed by atoms with Crippen molar-refractivity contribution in [3.05, 3.63) is 33.3 Å². The molecule has 18 heavy (non-hydrogen) atoms. The summed E-state index contributed by atoms with van der Waals surface area (Å²) < 4.78 is 0.977. The minimum atomic E-state index is -0.192. The van der Waals surface area contributed by atoms with Gasteiger partial charge in [-0.25, -0.2) is 4.79 Å². The molecule has 1 aromatic carbocycles. The van der Waals surface area contributed by atoms with E-state index in [0.717, 1.165) is 10.0 Å². The van der Waals surface area contributed by atoms with Gasteiger partial charge in [-0.3, -0.25) is 0 Å². The molecule has 1 rings (SSSR count). The van der Waals surface area contributed by atoms with E-state index in [-0.39, 0.29) is 12.6 Å². The molecule has 0 radical (unpaired) electrons. The lowest BCUT2D eigenvalue weighted by Crippen LogP contribution is -2.39. The van der Waals surface area contributed by atoms with Crippen molar-refractivity contribution in [3.63, 3.8) is 0 Å². The van der Waals surface area contributed by atoms with Crippen LogP contribution < -0.4 is 5.32 Å². The Bertz CT molecular complexity index is 415. The molecule has 0 aromatic heterocycles. The number of nitrogens with zero attached hydrogens (tertiary/aromatic N) is 1. The van der Waals surface area contributed by atoms with E-state index in [1.165, 1.54) is 4.90 Å². The highest BCUT2D eigenvalue weighted by Crippen LogP contribution is 2.21. The number of urea groups is 1. The van der Waals surface area contributed by atoms with E-state index in [9.17, 15) is 4.79 Å². The largest absolute Gasteiger partial charge is 0.395 e. The Morgan fingerprint density at radius 1 is 1.56 bits per heavy atom. The molecule has 1 aromatic rings. The van der Waals surface area contributed by atoms with Crippen molar-refractivity contribution in [3.8, 4) is 0 Å². The highest BCUT2D eigenvalue weighted by Gasteiger charge is 2.07. The smallest absolute Gasteiger partial charge is 0.317 e. The summed E-state index contributed by atoms with van der Waals surface area (Å²) in [6, 6.07) is 5.37. The molecule has 4 nitrogen and oxygen atoms in total. The molecule has 0 saturated heterocycles. The summed E-state index contributed by atoms with van der Waals surface area (Å²) >= 11 is 9.34. The van der Waals surface area contributed by atoms with Gasteiger partial charge in [-0.05, 0) is 30.2 Å². The number of halogens is 2. The van der Waals surface area contributed by atoms with E-state index < -0.39 is 0 Å². The van der Waals surface area contributed by atoms with Gasteiger partial charge < -0.3 is 15.3 Å². The first kappa shape index (κ1) is 15.3. The number of carbonyl (C=O) groups excluding carboxylic acids is 1. The van der Waals surface area contributed by atoms with Crippen LogP contribution in [0, 0.1) is 0 Å². The van der Waals surface area contributed by atoms with Crippen LogP contribution in [0.2, 0.25) is 5.02 Å². The van der Waals surface area contributed by atoms with Gasteiger partial charge in [-0.2, -0.15) is 0 Å². The van der Waals surface area contributed by atoms with Gasteiger partial charge in [0.1, 0.15) is 0 Å². The van der Waals surface area contributed by atoms with Crippen LogP contribution in [0.15, 0.2) is 22.7 Å². The Morgan fingerprint density at radius 2 is 2.28 bits per heavy atom. The van der Waals surface area contributed by atoms with Crippen molar-refractivity contribution in [2.24, 2.45) is 0 Å². The van der Waals surface area contributed by atoms with E-state index in [4.69, 9.17) is 16.7 Å². The monoisotopic (exact) mass is 334 g/mol. The predicted molar refractivity (Wildman–Crippen MR) is 76.0 cm³/mol. The lowest BCUT2D eigenvalue weighted by molar-refractivity contribution is 0.190. The Kier molecular flexibility index (Phi) is 6.46. The maximum Gasteiger partial charge on any atom is 0.317 e. The minimum Gasteiger partial charge on any atom is -0.395 e. The van der Waals surface area contributed by atoms with Gasteiger partial charge in [-0.1, -0.05) is 27.5 Å². The van der Waals surface area contributed by atoms with E-state index in [2.05, 4.69) is 21.2 Å². The minimum absolute atomic E-state index is 0.0379. The molecule has 100 valence electrons. The van der Waals surface area contributed by atoms with Gasteiger partial charge in [0.25, 0.3) is 0 Å². The summed E-state index contributed by atoms with van der Waals surface area (Å²) in [6.45, 7) is 0.810. The van der Waals surface area contributed by atoms with Gasteiger partial charge in [-0.15, -0.1) is 0 Å². The molecule has 0 spiro atoms. The quantitative estimate of drug-likeness (QED) is 0.867. The summed E-state index contributed by atoms with van der Waals surface area (Å²) in [4.78, 5) is 13.0. The van der Waals surface area contributed by atoms with Crippen LogP contribution in [0.3, 0.4) is 0 Å². The zero-order chi connectivity index (χ0) is 13.5. The van der Waals surface area contributed by atoms with Crippen LogP contribution in [0.25, 0.3) is 0 Å². The lowest BCUT2D eigenvalue weighted by atomic mass is 10.1. The molecule has 0 atom stereocenters. The van der Waals surface area contributed by atoms with Crippen LogP contribution in [-0.2, 0) is 6.42 Å². The van der Waals surface area contributed by atoms with Crippen molar-refractivity contribution in [2.75, 3.05) is 26.7 Å². The number of amides is 2. The summed E-state index contributed by atoms with van der Waals surface area (Å²) in [5.41, 5.74) is 1.05. The summed E-state index contributed by atoms with van der Waals surface area (Å²) in [5, 5.41) is 12.2. The summed E-state index contributed by atoms with van der Waals surface area (Å²) in [6.07, 6.45) is 0.694. The van der Waals surface area contributed by atoms with Crippen molar-refractivity contribution in [1.82, 2.24) is 10.2 Å². The summed E-state index contributed by atoms with van der Waals surface area (Å²) in [7, 11) is 1.64. The average Bonchev–Trinajstić information content (AvgIpc) is 2.33. The molecule has 0 aliphatic carbocycles. The Morgan fingerprint density at radius 3 is 2.94 bits per heavy atom. The molecule has 2 N–H and O–H groups in total. The molecule has 0 saturated carbocycles. The Hall–Kier alpha value is -0.780. The fourth-order valence-corrected chi connectivity index (χ4v) is 2.07. The highest BCUT2D eigenvalue weighted by molar-refractivity contribution is 9.10. The molecule has 2 amide bonds. The number of hydrogen-bond donors (Lipinski definition) is 2. The number of benzene rings is 1. The number of carbonyl (C=O) groups is 1. The first-order chi connectivity index (χ1) is 8.54. The Balaban J connectivity index is 2.42.